The van der Waals surface area contributed by atoms with Gasteiger partial charge >= 0.3 is 0 Å². The lowest BCUT2D eigenvalue weighted by Crippen LogP contribution is -2.43. The number of hydrogen-bond donors (Lipinski definition) is 1. The van der Waals surface area contributed by atoms with Crippen LogP contribution in [0.5, 0.6) is 11.5 Å². The number of amides is 1. The molecule has 1 fully saturated rings. The molecule has 6 nitrogen and oxygen atoms in total. The van der Waals surface area contributed by atoms with Crippen LogP contribution in [0.3, 0.4) is 0 Å². The van der Waals surface area contributed by atoms with Gasteiger partial charge < -0.3 is 19.5 Å². The van der Waals surface area contributed by atoms with Crippen LogP contribution >= 0.6 is 23.2 Å². The quantitative estimate of drug-likeness (QED) is 0.592. The first-order valence-electron chi connectivity index (χ1n) is 9.96. The molecule has 0 saturated carbocycles. The van der Waals surface area contributed by atoms with Crippen LogP contribution in [-0.4, -0.2) is 57.9 Å². The number of benzene rings is 2. The zero-order valence-electron chi connectivity index (χ0n) is 17.6. The molecule has 1 aliphatic rings. The Morgan fingerprint density at radius 1 is 1.16 bits per heavy atom. The Bertz CT molecular complexity index is 913. The number of carbonyl (C=O) groups excluding carboxylic acids is 1. The predicted molar refractivity (Wildman–Crippen MR) is 123 cm³/mol. The van der Waals surface area contributed by atoms with Crippen LogP contribution in [0.15, 0.2) is 42.5 Å². The second-order valence-corrected chi connectivity index (χ2v) is 7.88. The molecule has 2 aromatic rings. The van der Waals surface area contributed by atoms with E-state index in [0.29, 0.717) is 41.3 Å². The number of nitrogens with zero attached hydrogens (tertiary/aromatic N) is 1. The minimum atomic E-state index is -0.196. The number of nitrogens with one attached hydrogen (secondary N) is 1. The van der Waals surface area contributed by atoms with Crippen molar-refractivity contribution in [2.75, 3.05) is 47.1 Å². The molecule has 1 amide bonds. The molecule has 166 valence electrons. The molecular weight excluding hydrogens is 439 g/mol. The average molecular weight is 465 g/mol. The van der Waals surface area contributed by atoms with Crippen LogP contribution in [0.25, 0.3) is 6.08 Å². The Balaban J connectivity index is 1.68. The van der Waals surface area contributed by atoms with Crippen molar-refractivity contribution in [3.8, 4) is 11.5 Å². The molecule has 2 aromatic carbocycles. The normalized spacial score (nSPS) is 15.6. The zero-order valence-corrected chi connectivity index (χ0v) is 19.1. The smallest absolute Gasteiger partial charge is 0.244 e. The van der Waals surface area contributed by atoms with E-state index in [1.807, 2.05) is 24.3 Å². The van der Waals surface area contributed by atoms with Gasteiger partial charge in [-0.1, -0.05) is 35.3 Å². The first-order valence-corrected chi connectivity index (χ1v) is 10.7. The minimum Gasteiger partial charge on any atom is -0.493 e. The summed E-state index contributed by atoms with van der Waals surface area (Å²) in [5.41, 5.74) is 1.84. The SMILES string of the molecule is COc1cc(C=CC(=O)NCC(c2ccc(Cl)cc2)N2CCOCC2)cc(Cl)c1OC. The topological polar surface area (TPSA) is 60.0 Å². The summed E-state index contributed by atoms with van der Waals surface area (Å²) in [6.45, 7) is 3.44. The summed E-state index contributed by atoms with van der Waals surface area (Å²) in [6.07, 6.45) is 3.17. The largest absolute Gasteiger partial charge is 0.493 e. The number of morpholine rings is 1. The maximum atomic E-state index is 12.5. The van der Waals surface area contributed by atoms with E-state index in [9.17, 15) is 4.79 Å². The van der Waals surface area contributed by atoms with Gasteiger partial charge in [0.05, 0.1) is 38.5 Å². The molecule has 0 bridgehead atoms. The molecule has 1 saturated heterocycles. The number of ether oxygens (including phenoxy) is 3. The van der Waals surface area contributed by atoms with Gasteiger partial charge in [-0.25, -0.2) is 0 Å². The van der Waals surface area contributed by atoms with Crippen molar-refractivity contribution in [3.05, 3.63) is 63.6 Å². The first-order chi connectivity index (χ1) is 15.0. The van der Waals surface area contributed by atoms with E-state index in [4.69, 9.17) is 37.4 Å². The van der Waals surface area contributed by atoms with Gasteiger partial charge in [0, 0.05) is 30.7 Å². The van der Waals surface area contributed by atoms with Crippen molar-refractivity contribution in [2.24, 2.45) is 0 Å². The maximum absolute atomic E-state index is 12.5. The fourth-order valence-electron chi connectivity index (χ4n) is 3.49. The summed E-state index contributed by atoms with van der Waals surface area (Å²) in [6, 6.07) is 11.2. The lowest BCUT2D eigenvalue weighted by Gasteiger charge is -2.34. The molecule has 1 unspecified atom stereocenters. The third-order valence-electron chi connectivity index (χ3n) is 5.09. The Kier molecular flexibility index (Phi) is 8.60. The summed E-state index contributed by atoms with van der Waals surface area (Å²) >= 11 is 12.3. The van der Waals surface area contributed by atoms with Crippen LogP contribution in [0.4, 0.5) is 0 Å². The third-order valence-corrected chi connectivity index (χ3v) is 5.63. The number of methoxy groups -OCH3 is 2. The van der Waals surface area contributed by atoms with E-state index in [-0.39, 0.29) is 11.9 Å². The summed E-state index contributed by atoms with van der Waals surface area (Å²) in [5.74, 6) is 0.769. The van der Waals surface area contributed by atoms with Gasteiger partial charge in [-0.2, -0.15) is 0 Å². The van der Waals surface area contributed by atoms with Gasteiger partial charge in [0.25, 0.3) is 0 Å². The van der Waals surface area contributed by atoms with Crippen LogP contribution in [0.2, 0.25) is 10.0 Å². The number of rotatable bonds is 8. The molecule has 8 heteroatoms. The Labute approximate surface area is 192 Å². The molecule has 0 radical (unpaired) electrons. The molecule has 0 aliphatic carbocycles. The lowest BCUT2D eigenvalue weighted by atomic mass is 10.0. The second-order valence-electron chi connectivity index (χ2n) is 7.03. The molecule has 1 heterocycles. The third kappa shape index (κ3) is 6.37. The maximum Gasteiger partial charge on any atom is 0.244 e. The molecule has 3 rings (SSSR count). The van der Waals surface area contributed by atoms with Crippen molar-refractivity contribution in [1.82, 2.24) is 10.2 Å². The molecule has 0 spiro atoms. The highest BCUT2D eigenvalue weighted by atomic mass is 35.5. The summed E-state index contributed by atoms with van der Waals surface area (Å²) in [7, 11) is 3.06. The molecule has 31 heavy (non-hydrogen) atoms. The zero-order chi connectivity index (χ0) is 22.2. The lowest BCUT2D eigenvalue weighted by molar-refractivity contribution is -0.116. The van der Waals surface area contributed by atoms with E-state index in [1.54, 1.807) is 18.2 Å². The van der Waals surface area contributed by atoms with E-state index < -0.39 is 0 Å². The van der Waals surface area contributed by atoms with Gasteiger partial charge in [-0.05, 0) is 41.5 Å². The molecular formula is C23H26Cl2N2O4. The predicted octanol–water partition coefficient (Wildman–Crippen LogP) is 4.21. The molecule has 1 atom stereocenters. The second kappa shape index (κ2) is 11.4. The summed E-state index contributed by atoms with van der Waals surface area (Å²) < 4.78 is 16.0. The van der Waals surface area contributed by atoms with Crippen molar-refractivity contribution >= 4 is 35.2 Å². The summed E-state index contributed by atoms with van der Waals surface area (Å²) in [4.78, 5) is 14.8. The summed E-state index contributed by atoms with van der Waals surface area (Å²) in [5, 5.41) is 4.10. The molecule has 1 N–H and O–H groups in total. The monoisotopic (exact) mass is 464 g/mol. The van der Waals surface area contributed by atoms with E-state index >= 15 is 0 Å². The number of halogens is 2. The Morgan fingerprint density at radius 2 is 1.87 bits per heavy atom. The minimum absolute atomic E-state index is 0.0361. The fourth-order valence-corrected chi connectivity index (χ4v) is 3.92. The van der Waals surface area contributed by atoms with Gasteiger partial charge in [-0.15, -0.1) is 0 Å². The highest BCUT2D eigenvalue weighted by Crippen LogP contribution is 2.36. The van der Waals surface area contributed by atoms with Crippen LogP contribution < -0.4 is 14.8 Å². The highest BCUT2D eigenvalue weighted by Gasteiger charge is 2.23. The molecule has 0 aromatic heterocycles. The van der Waals surface area contributed by atoms with Crippen molar-refractivity contribution in [3.63, 3.8) is 0 Å². The van der Waals surface area contributed by atoms with Crippen molar-refractivity contribution < 1.29 is 19.0 Å². The average Bonchev–Trinajstić information content (AvgIpc) is 2.79. The van der Waals surface area contributed by atoms with Gasteiger partial charge in [0.15, 0.2) is 11.5 Å². The van der Waals surface area contributed by atoms with Crippen molar-refractivity contribution in [1.29, 1.82) is 0 Å². The van der Waals surface area contributed by atoms with Crippen LogP contribution in [0, 0.1) is 0 Å². The van der Waals surface area contributed by atoms with E-state index in [1.165, 1.54) is 20.3 Å². The van der Waals surface area contributed by atoms with Crippen LogP contribution in [0.1, 0.15) is 17.2 Å². The van der Waals surface area contributed by atoms with Gasteiger partial charge in [0.1, 0.15) is 0 Å². The van der Waals surface area contributed by atoms with Crippen molar-refractivity contribution in [2.45, 2.75) is 6.04 Å². The Hall–Kier alpha value is -2.25. The van der Waals surface area contributed by atoms with E-state index in [2.05, 4.69) is 10.2 Å². The van der Waals surface area contributed by atoms with Crippen LogP contribution in [-0.2, 0) is 9.53 Å². The fraction of sp³-hybridized carbons (Fsp3) is 0.348. The van der Waals surface area contributed by atoms with Gasteiger partial charge in [0.2, 0.25) is 5.91 Å². The highest BCUT2D eigenvalue weighted by molar-refractivity contribution is 6.32. The first kappa shape index (κ1) is 23.4. The van der Waals surface area contributed by atoms with E-state index in [0.717, 1.165) is 24.2 Å². The standard InChI is InChI=1S/C23H26Cl2N2O4/c1-29-21-14-16(13-19(25)23(21)30-2)3-8-22(28)26-15-20(27-9-11-31-12-10-27)17-4-6-18(24)7-5-17/h3-8,13-14,20H,9-12,15H2,1-2H3,(H,26,28). The number of carbonyl (C=O) groups is 1. The van der Waals surface area contributed by atoms with Gasteiger partial charge in [-0.3, -0.25) is 9.69 Å². The molecule has 1 aliphatic heterocycles. The Morgan fingerprint density at radius 3 is 2.52 bits per heavy atom. The number of hydrogen-bond acceptors (Lipinski definition) is 5.